The van der Waals surface area contributed by atoms with E-state index in [0.29, 0.717) is 12.3 Å². The Balaban J connectivity index is 1.86. The van der Waals surface area contributed by atoms with Crippen molar-refractivity contribution in [3.8, 4) is 11.8 Å². The van der Waals surface area contributed by atoms with Crippen LogP contribution >= 0.6 is 0 Å². The lowest BCUT2D eigenvalue weighted by Gasteiger charge is -2.09. The molecule has 130 valence electrons. The number of amides is 1. The summed E-state index contributed by atoms with van der Waals surface area (Å²) >= 11 is 0. The number of nitrogens with zero attached hydrogens (tertiary/aromatic N) is 3. The fourth-order valence-electron chi connectivity index (χ4n) is 2.55. The molecule has 6 nitrogen and oxygen atoms in total. The summed E-state index contributed by atoms with van der Waals surface area (Å²) in [6.07, 6.45) is 1.45. The van der Waals surface area contributed by atoms with Gasteiger partial charge in [0.2, 0.25) is 0 Å². The molecule has 0 fully saturated rings. The van der Waals surface area contributed by atoms with E-state index in [2.05, 4.69) is 10.3 Å². The van der Waals surface area contributed by atoms with Crippen molar-refractivity contribution in [2.24, 2.45) is 0 Å². The molecule has 0 bridgehead atoms. The number of benzene rings is 2. The highest BCUT2D eigenvalue weighted by atomic mass is 19.1. The number of halogens is 1. The zero-order valence-electron chi connectivity index (χ0n) is 13.9. The van der Waals surface area contributed by atoms with Gasteiger partial charge in [0, 0.05) is 5.56 Å². The Kier molecular flexibility index (Phi) is 4.94. The second-order valence-electron chi connectivity index (χ2n) is 5.43. The lowest BCUT2D eigenvalue weighted by Crippen LogP contribution is -2.15. The van der Waals surface area contributed by atoms with Gasteiger partial charge in [0.15, 0.2) is 11.5 Å². The van der Waals surface area contributed by atoms with Crippen LogP contribution < -0.4 is 10.1 Å². The van der Waals surface area contributed by atoms with Crippen molar-refractivity contribution in [3.63, 3.8) is 0 Å². The summed E-state index contributed by atoms with van der Waals surface area (Å²) in [6.45, 7) is 0.343. The standard InChI is InChI=1S/C19H15FN4O2/c1-26-17-9-5-2-6-13(17)11-24-12-22-18(16(24)10-21)23-19(25)14-7-3-4-8-15(14)20/h2-9,12H,11H2,1H3,(H,23,25). The molecule has 0 radical (unpaired) electrons. The molecule has 7 heteroatoms. The topological polar surface area (TPSA) is 79.9 Å². The summed E-state index contributed by atoms with van der Waals surface area (Å²) in [5, 5.41) is 12.0. The van der Waals surface area contributed by atoms with Gasteiger partial charge < -0.3 is 14.6 Å². The molecule has 0 aliphatic heterocycles. The van der Waals surface area contributed by atoms with E-state index >= 15 is 0 Å². The van der Waals surface area contributed by atoms with E-state index in [1.807, 2.05) is 30.3 Å². The maximum absolute atomic E-state index is 13.7. The van der Waals surface area contributed by atoms with E-state index in [1.54, 1.807) is 17.7 Å². The second-order valence-corrected chi connectivity index (χ2v) is 5.43. The van der Waals surface area contributed by atoms with E-state index in [9.17, 15) is 14.4 Å². The van der Waals surface area contributed by atoms with Crippen LogP contribution in [0.2, 0.25) is 0 Å². The van der Waals surface area contributed by atoms with E-state index in [4.69, 9.17) is 4.74 Å². The van der Waals surface area contributed by atoms with Gasteiger partial charge in [0.25, 0.3) is 5.91 Å². The molecule has 0 spiro atoms. The predicted octanol–water partition coefficient (Wildman–Crippen LogP) is 3.20. The van der Waals surface area contributed by atoms with Gasteiger partial charge in [-0.25, -0.2) is 9.37 Å². The molecule has 3 rings (SSSR count). The summed E-state index contributed by atoms with van der Waals surface area (Å²) in [5.74, 6) is -0.545. The Bertz CT molecular complexity index is 991. The zero-order valence-corrected chi connectivity index (χ0v) is 13.9. The van der Waals surface area contributed by atoms with Crippen molar-refractivity contribution >= 4 is 11.7 Å². The maximum atomic E-state index is 13.7. The van der Waals surface area contributed by atoms with E-state index in [0.717, 1.165) is 5.56 Å². The van der Waals surface area contributed by atoms with Crippen molar-refractivity contribution in [3.05, 3.63) is 77.5 Å². The number of anilines is 1. The van der Waals surface area contributed by atoms with Gasteiger partial charge in [-0.05, 0) is 18.2 Å². The van der Waals surface area contributed by atoms with E-state index in [1.165, 1.54) is 24.5 Å². The average molecular weight is 350 g/mol. The van der Waals surface area contributed by atoms with Crippen LogP contribution in [-0.4, -0.2) is 22.6 Å². The monoisotopic (exact) mass is 350 g/mol. The second kappa shape index (κ2) is 7.49. The van der Waals surface area contributed by atoms with Crippen molar-refractivity contribution in [2.75, 3.05) is 12.4 Å². The molecule has 1 N–H and O–H groups in total. The maximum Gasteiger partial charge on any atom is 0.259 e. The molecule has 0 unspecified atom stereocenters. The van der Waals surface area contributed by atoms with Crippen LogP contribution in [0, 0.1) is 17.1 Å². The molecular weight excluding hydrogens is 335 g/mol. The minimum atomic E-state index is -0.665. The molecule has 1 aromatic heterocycles. The number of nitriles is 1. The Morgan fingerprint density at radius 1 is 1.27 bits per heavy atom. The average Bonchev–Trinajstić information content (AvgIpc) is 3.03. The minimum Gasteiger partial charge on any atom is -0.496 e. The summed E-state index contributed by atoms with van der Waals surface area (Å²) in [5.41, 5.74) is 0.909. The van der Waals surface area contributed by atoms with Crippen LogP contribution in [0.1, 0.15) is 21.6 Å². The highest BCUT2D eigenvalue weighted by Crippen LogP contribution is 2.21. The van der Waals surface area contributed by atoms with Gasteiger partial charge in [-0.1, -0.05) is 30.3 Å². The SMILES string of the molecule is COc1ccccc1Cn1cnc(NC(=O)c2ccccc2F)c1C#N. The van der Waals surface area contributed by atoms with Gasteiger partial charge in [-0.3, -0.25) is 4.79 Å². The Labute approximate surface area is 149 Å². The van der Waals surface area contributed by atoms with Crippen molar-refractivity contribution in [2.45, 2.75) is 6.54 Å². The Morgan fingerprint density at radius 2 is 2.00 bits per heavy atom. The van der Waals surface area contributed by atoms with Gasteiger partial charge in [-0.15, -0.1) is 0 Å². The summed E-state index contributed by atoms with van der Waals surface area (Å²) in [7, 11) is 1.57. The molecular formula is C19H15FN4O2. The highest BCUT2D eigenvalue weighted by molar-refractivity contribution is 6.04. The van der Waals surface area contributed by atoms with Crippen LogP contribution in [0.15, 0.2) is 54.9 Å². The number of ether oxygens (including phenoxy) is 1. The Morgan fingerprint density at radius 3 is 2.73 bits per heavy atom. The van der Waals surface area contributed by atoms with Crippen molar-refractivity contribution in [1.29, 1.82) is 5.26 Å². The van der Waals surface area contributed by atoms with Crippen LogP contribution in [0.4, 0.5) is 10.2 Å². The van der Waals surface area contributed by atoms with Crippen LogP contribution in [0.5, 0.6) is 5.75 Å². The number of methoxy groups -OCH3 is 1. The summed E-state index contributed by atoms with van der Waals surface area (Å²) in [6, 6.07) is 15.0. The zero-order chi connectivity index (χ0) is 18.5. The molecule has 0 saturated heterocycles. The Hall–Kier alpha value is -3.66. The number of nitrogens with one attached hydrogen (secondary N) is 1. The van der Waals surface area contributed by atoms with Gasteiger partial charge in [-0.2, -0.15) is 5.26 Å². The summed E-state index contributed by atoms with van der Waals surface area (Å²) in [4.78, 5) is 16.3. The fraction of sp³-hybridized carbons (Fsp3) is 0.105. The number of imidazole rings is 1. The third kappa shape index (κ3) is 3.39. The summed E-state index contributed by atoms with van der Waals surface area (Å²) < 4.78 is 20.6. The molecule has 0 aliphatic carbocycles. The molecule has 26 heavy (non-hydrogen) atoms. The molecule has 0 atom stereocenters. The quantitative estimate of drug-likeness (QED) is 0.766. The molecule has 0 saturated carbocycles. The lowest BCUT2D eigenvalue weighted by atomic mass is 10.2. The van der Waals surface area contributed by atoms with Gasteiger partial charge >= 0.3 is 0 Å². The first kappa shape index (κ1) is 17.2. The number of hydrogen-bond donors (Lipinski definition) is 1. The molecule has 2 aromatic carbocycles. The van der Waals surface area contributed by atoms with Gasteiger partial charge in [0.1, 0.15) is 17.6 Å². The van der Waals surface area contributed by atoms with Crippen molar-refractivity contribution in [1.82, 2.24) is 9.55 Å². The fourth-order valence-corrected chi connectivity index (χ4v) is 2.55. The van der Waals surface area contributed by atoms with Crippen LogP contribution in [0.3, 0.4) is 0 Å². The third-order valence-corrected chi connectivity index (χ3v) is 3.83. The normalized spacial score (nSPS) is 10.2. The van der Waals surface area contributed by atoms with E-state index < -0.39 is 11.7 Å². The highest BCUT2D eigenvalue weighted by Gasteiger charge is 2.17. The first-order valence-electron chi connectivity index (χ1n) is 7.77. The number of rotatable bonds is 5. The number of carbonyl (C=O) groups is 1. The number of hydrogen-bond acceptors (Lipinski definition) is 4. The van der Waals surface area contributed by atoms with Crippen molar-refractivity contribution < 1.29 is 13.9 Å². The predicted molar refractivity (Wildman–Crippen MR) is 93.4 cm³/mol. The first-order chi connectivity index (χ1) is 12.6. The van der Waals surface area contributed by atoms with Gasteiger partial charge in [0.05, 0.1) is 25.5 Å². The molecule has 3 aromatic rings. The molecule has 1 amide bonds. The first-order valence-corrected chi connectivity index (χ1v) is 7.77. The largest absolute Gasteiger partial charge is 0.496 e. The van der Waals surface area contributed by atoms with E-state index in [-0.39, 0.29) is 17.1 Å². The number of carbonyl (C=O) groups excluding carboxylic acids is 1. The molecule has 0 aliphatic rings. The minimum absolute atomic E-state index is 0.0793. The number of para-hydroxylation sites is 1. The number of aromatic nitrogens is 2. The van der Waals surface area contributed by atoms with Crippen LogP contribution in [0.25, 0.3) is 0 Å². The lowest BCUT2D eigenvalue weighted by molar-refractivity contribution is 0.102. The smallest absolute Gasteiger partial charge is 0.259 e. The molecule has 1 heterocycles. The third-order valence-electron chi connectivity index (χ3n) is 3.83. The van der Waals surface area contributed by atoms with Crippen LogP contribution in [-0.2, 0) is 6.54 Å².